The zero-order valence-corrected chi connectivity index (χ0v) is 10.0. The molecule has 1 heterocycles. The summed E-state index contributed by atoms with van der Waals surface area (Å²) in [6, 6.07) is 0. The van der Waals surface area contributed by atoms with E-state index in [0.717, 1.165) is 23.2 Å². The van der Waals surface area contributed by atoms with Gasteiger partial charge in [-0.05, 0) is 39.8 Å². The molecular weight excluding hydrogens is 258 g/mol. The van der Waals surface area contributed by atoms with E-state index in [1.54, 1.807) is 11.5 Å². The highest BCUT2D eigenvalue weighted by Gasteiger charge is 2.10. The van der Waals surface area contributed by atoms with Crippen LogP contribution >= 0.6 is 39.1 Å². The lowest BCUT2D eigenvalue weighted by Gasteiger charge is -2.08. The highest BCUT2D eigenvalue weighted by Crippen LogP contribution is 2.24. The Morgan fingerprint density at radius 2 is 2.50 bits per heavy atom. The lowest BCUT2D eigenvalue weighted by molar-refractivity contribution is 0.570. The van der Waals surface area contributed by atoms with Crippen LogP contribution in [-0.4, -0.2) is 10.3 Å². The molecule has 1 aromatic rings. The van der Waals surface area contributed by atoms with E-state index in [9.17, 15) is 0 Å². The molecule has 0 radical (unpaired) electrons. The molecule has 4 heteroatoms. The van der Waals surface area contributed by atoms with Gasteiger partial charge in [-0.1, -0.05) is 13.3 Å². The largest absolute Gasteiger partial charge is 0.200 e. The highest BCUT2D eigenvalue weighted by atomic mass is 79.9. The van der Waals surface area contributed by atoms with Crippen LogP contribution in [0.2, 0.25) is 0 Å². The van der Waals surface area contributed by atoms with Gasteiger partial charge in [0.2, 0.25) is 0 Å². The molecule has 0 N–H and O–H groups in total. The average Bonchev–Trinajstić information content (AvgIpc) is 2.47. The van der Waals surface area contributed by atoms with Gasteiger partial charge in [-0.3, -0.25) is 0 Å². The summed E-state index contributed by atoms with van der Waals surface area (Å²) in [6.07, 6.45) is 4.03. The Morgan fingerprint density at radius 1 is 1.75 bits per heavy atom. The maximum absolute atomic E-state index is 5.81. The summed E-state index contributed by atoms with van der Waals surface area (Å²) in [4.78, 5) is 1.31. The third kappa shape index (κ3) is 2.71. The fraction of sp³-hybridized carbons (Fsp3) is 0.625. The molecule has 1 rings (SSSR count). The molecule has 1 unspecified atom stereocenters. The Kier molecular flexibility index (Phi) is 4.54. The summed E-state index contributed by atoms with van der Waals surface area (Å²) in [6.45, 7) is 2.17. The van der Waals surface area contributed by atoms with Gasteiger partial charge in [0.1, 0.15) is 0 Å². The Balaban J connectivity index is 2.56. The summed E-state index contributed by atoms with van der Waals surface area (Å²) in [5.41, 5.74) is 0. The summed E-state index contributed by atoms with van der Waals surface area (Å²) >= 11 is 10.8. The Morgan fingerprint density at radius 3 is 2.92 bits per heavy atom. The van der Waals surface area contributed by atoms with E-state index in [1.165, 1.54) is 4.88 Å². The first kappa shape index (κ1) is 10.5. The van der Waals surface area contributed by atoms with Crippen molar-refractivity contribution in [3.63, 3.8) is 0 Å². The van der Waals surface area contributed by atoms with E-state index in [2.05, 4.69) is 27.2 Å². The zero-order chi connectivity index (χ0) is 8.97. The van der Waals surface area contributed by atoms with Crippen LogP contribution < -0.4 is 0 Å². The minimum atomic E-state index is 0.586. The van der Waals surface area contributed by atoms with E-state index in [-0.39, 0.29) is 0 Å². The number of alkyl halides is 1. The molecule has 1 aromatic heterocycles. The molecule has 0 aliphatic rings. The minimum absolute atomic E-state index is 0.586. The third-order valence-corrected chi connectivity index (χ3v) is 4.07. The Hall–Kier alpha value is 0.400. The molecule has 0 saturated heterocycles. The van der Waals surface area contributed by atoms with Crippen molar-refractivity contribution >= 4 is 39.1 Å². The van der Waals surface area contributed by atoms with Gasteiger partial charge in [0.25, 0.3) is 0 Å². The maximum atomic E-state index is 5.81. The van der Waals surface area contributed by atoms with Crippen molar-refractivity contribution in [2.75, 3.05) is 5.88 Å². The van der Waals surface area contributed by atoms with E-state index in [0.29, 0.717) is 5.92 Å². The van der Waals surface area contributed by atoms with E-state index in [1.807, 2.05) is 6.20 Å². The first-order chi connectivity index (χ1) is 5.77. The van der Waals surface area contributed by atoms with Crippen LogP contribution in [0, 0.1) is 5.92 Å². The smallest absolute Gasteiger partial charge is 0.0552 e. The van der Waals surface area contributed by atoms with Crippen molar-refractivity contribution in [1.82, 2.24) is 4.37 Å². The average molecular weight is 269 g/mol. The zero-order valence-electron chi connectivity index (χ0n) is 6.89. The number of hydrogen-bond donors (Lipinski definition) is 0. The van der Waals surface area contributed by atoms with Gasteiger partial charge >= 0.3 is 0 Å². The molecule has 0 aliphatic carbocycles. The Labute approximate surface area is 90.4 Å². The normalized spacial score (nSPS) is 13.2. The minimum Gasteiger partial charge on any atom is -0.200 e. The standard InChI is InChI=1S/C8H11BrClNS/c1-2-6(4-10)3-8-7(9)5-11-12-8/h5-6H,2-4H2,1H3. The van der Waals surface area contributed by atoms with E-state index < -0.39 is 0 Å². The molecule has 1 nitrogen and oxygen atoms in total. The summed E-state index contributed by atoms with van der Waals surface area (Å²) in [7, 11) is 0. The van der Waals surface area contributed by atoms with Crippen molar-refractivity contribution in [2.24, 2.45) is 5.92 Å². The number of nitrogens with zero attached hydrogens (tertiary/aromatic N) is 1. The Bertz CT molecular complexity index is 235. The van der Waals surface area contributed by atoms with Gasteiger partial charge in [0.15, 0.2) is 0 Å². The van der Waals surface area contributed by atoms with Gasteiger partial charge in [0, 0.05) is 10.8 Å². The van der Waals surface area contributed by atoms with Gasteiger partial charge in [-0.2, -0.15) is 4.37 Å². The first-order valence-electron chi connectivity index (χ1n) is 3.93. The molecule has 0 bridgehead atoms. The van der Waals surface area contributed by atoms with Crippen molar-refractivity contribution in [3.05, 3.63) is 15.5 Å². The molecule has 0 aromatic carbocycles. The van der Waals surface area contributed by atoms with Crippen LogP contribution in [0.15, 0.2) is 10.7 Å². The van der Waals surface area contributed by atoms with Crippen molar-refractivity contribution in [2.45, 2.75) is 19.8 Å². The molecule has 0 aliphatic heterocycles. The van der Waals surface area contributed by atoms with Crippen LogP contribution in [0.1, 0.15) is 18.2 Å². The summed E-state index contributed by atoms with van der Waals surface area (Å²) in [5, 5.41) is 0. The first-order valence-corrected chi connectivity index (χ1v) is 6.03. The van der Waals surface area contributed by atoms with Crippen LogP contribution in [0.3, 0.4) is 0 Å². The predicted octanol–water partition coefficient (Wildman–Crippen LogP) is 3.71. The van der Waals surface area contributed by atoms with Crippen molar-refractivity contribution in [3.8, 4) is 0 Å². The molecule has 1 atom stereocenters. The van der Waals surface area contributed by atoms with Crippen molar-refractivity contribution < 1.29 is 0 Å². The topological polar surface area (TPSA) is 12.9 Å². The fourth-order valence-corrected chi connectivity index (χ4v) is 2.64. The summed E-state index contributed by atoms with van der Waals surface area (Å²) < 4.78 is 5.22. The summed E-state index contributed by atoms with van der Waals surface area (Å²) in [5.74, 6) is 1.32. The molecular formula is C8H11BrClNS. The van der Waals surface area contributed by atoms with E-state index in [4.69, 9.17) is 11.6 Å². The van der Waals surface area contributed by atoms with Gasteiger partial charge in [-0.25, -0.2) is 0 Å². The van der Waals surface area contributed by atoms with E-state index >= 15 is 0 Å². The van der Waals surface area contributed by atoms with Crippen LogP contribution in [0.5, 0.6) is 0 Å². The molecule has 68 valence electrons. The molecule has 12 heavy (non-hydrogen) atoms. The predicted molar refractivity (Wildman–Crippen MR) is 58.0 cm³/mol. The van der Waals surface area contributed by atoms with Crippen LogP contribution in [0.25, 0.3) is 0 Å². The lowest BCUT2D eigenvalue weighted by atomic mass is 10.0. The second-order valence-corrected chi connectivity index (χ2v) is 4.78. The number of halogens is 2. The van der Waals surface area contributed by atoms with Gasteiger partial charge in [0.05, 0.1) is 10.7 Å². The second kappa shape index (κ2) is 5.20. The number of aromatic nitrogens is 1. The second-order valence-electron chi connectivity index (χ2n) is 2.73. The molecule has 0 fully saturated rings. The number of hydrogen-bond acceptors (Lipinski definition) is 2. The fourth-order valence-electron chi connectivity index (χ4n) is 0.957. The monoisotopic (exact) mass is 267 g/mol. The van der Waals surface area contributed by atoms with Crippen molar-refractivity contribution in [1.29, 1.82) is 0 Å². The third-order valence-electron chi connectivity index (χ3n) is 1.86. The van der Waals surface area contributed by atoms with Gasteiger partial charge in [-0.15, -0.1) is 11.6 Å². The number of rotatable bonds is 4. The molecule has 0 amide bonds. The quantitative estimate of drug-likeness (QED) is 0.759. The van der Waals surface area contributed by atoms with Crippen LogP contribution in [0.4, 0.5) is 0 Å². The highest BCUT2D eigenvalue weighted by molar-refractivity contribution is 9.10. The SMILES string of the molecule is CCC(CCl)Cc1sncc1Br. The molecule has 0 saturated carbocycles. The lowest BCUT2D eigenvalue weighted by Crippen LogP contribution is -2.03. The molecule has 0 spiro atoms. The van der Waals surface area contributed by atoms with Gasteiger partial charge < -0.3 is 0 Å². The maximum Gasteiger partial charge on any atom is 0.0552 e. The van der Waals surface area contributed by atoms with Crippen LogP contribution in [-0.2, 0) is 6.42 Å².